The summed E-state index contributed by atoms with van der Waals surface area (Å²) in [5.74, 6) is -0.402. The minimum atomic E-state index is -4.76. The van der Waals surface area contributed by atoms with Gasteiger partial charge in [0.25, 0.3) is 0 Å². The average molecular weight is 401 g/mol. The molecule has 1 fully saturated rings. The number of nitrogens with zero attached hydrogens (tertiary/aromatic N) is 1. The highest BCUT2D eigenvalue weighted by molar-refractivity contribution is 5.92. The fourth-order valence-electron chi connectivity index (χ4n) is 3.27. The fourth-order valence-corrected chi connectivity index (χ4v) is 3.27. The summed E-state index contributed by atoms with van der Waals surface area (Å²) < 4.78 is 40.2. The molecule has 9 heteroatoms. The van der Waals surface area contributed by atoms with Crippen molar-refractivity contribution in [2.75, 3.05) is 25.5 Å². The predicted octanol–water partition coefficient (Wildman–Crippen LogP) is 3.15. The predicted molar refractivity (Wildman–Crippen MR) is 98.8 cm³/mol. The molecule has 2 rings (SSSR count). The molecule has 1 aromatic carbocycles. The van der Waals surface area contributed by atoms with Crippen LogP contribution in [0.4, 0.5) is 18.9 Å². The fraction of sp³-hybridized carbons (Fsp3) is 0.579. The van der Waals surface area contributed by atoms with Crippen LogP contribution in [0.2, 0.25) is 0 Å². The van der Waals surface area contributed by atoms with Crippen molar-refractivity contribution >= 4 is 17.5 Å². The van der Waals surface area contributed by atoms with E-state index < -0.39 is 6.36 Å². The van der Waals surface area contributed by atoms with Gasteiger partial charge in [0.2, 0.25) is 11.8 Å². The monoisotopic (exact) mass is 401 g/mol. The maximum atomic E-state index is 12.2. The Morgan fingerprint density at radius 1 is 1.11 bits per heavy atom. The molecule has 1 aliphatic carbocycles. The smallest absolute Gasteiger partial charge is 0.406 e. The molecule has 28 heavy (non-hydrogen) atoms. The van der Waals surface area contributed by atoms with Gasteiger partial charge in [0.1, 0.15) is 5.75 Å². The summed E-state index contributed by atoms with van der Waals surface area (Å²) in [5.41, 5.74) is 0.341. The van der Waals surface area contributed by atoms with E-state index in [-0.39, 0.29) is 36.7 Å². The normalized spacial score (nSPS) is 19.9. The van der Waals surface area contributed by atoms with Gasteiger partial charge in [-0.2, -0.15) is 0 Å². The Balaban J connectivity index is 1.75. The number of hydrogen-bond acceptors (Lipinski definition) is 4. The molecular formula is C19H26F3N3O3. The maximum Gasteiger partial charge on any atom is 0.573 e. The molecule has 6 nitrogen and oxygen atoms in total. The second-order valence-corrected chi connectivity index (χ2v) is 7.23. The van der Waals surface area contributed by atoms with Gasteiger partial charge in [-0.1, -0.05) is 19.8 Å². The lowest BCUT2D eigenvalue weighted by Crippen LogP contribution is -2.46. The summed E-state index contributed by atoms with van der Waals surface area (Å²) in [6.45, 7) is 2.20. The summed E-state index contributed by atoms with van der Waals surface area (Å²) in [4.78, 5) is 25.8. The minimum absolute atomic E-state index is 0.0194. The number of hydrogen-bond donors (Lipinski definition) is 2. The third-order valence-corrected chi connectivity index (χ3v) is 4.66. The zero-order chi connectivity index (χ0) is 20.7. The van der Waals surface area contributed by atoms with Crippen LogP contribution in [0.3, 0.4) is 0 Å². The van der Waals surface area contributed by atoms with E-state index in [4.69, 9.17) is 0 Å². The third-order valence-electron chi connectivity index (χ3n) is 4.66. The molecular weight excluding hydrogens is 375 g/mol. The molecule has 2 amide bonds. The first-order chi connectivity index (χ1) is 13.1. The summed E-state index contributed by atoms with van der Waals surface area (Å²) in [7, 11) is 1.66. The molecule has 1 aliphatic rings. The van der Waals surface area contributed by atoms with Crippen LogP contribution in [-0.4, -0.2) is 49.3 Å². The number of benzene rings is 1. The van der Waals surface area contributed by atoms with Gasteiger partial charge in [-0.25, -0.2) is 0 Å². The first-order valence-corrected chi connectivity index (χ1v) is 9.26. The number of nitrogens with one attached hydrogen (secondary N) is 2. The molecule has 2 unspecified atom stereocenters. The standard InChI is InChI=1S/C19H26F3N3O3/c1-13-5-3-4-6-16(13)24-18(27)12-25(2)11-17(26)23-14-7-9-15(10-8-14)28-19(20,21)22/h7-10,13,16H,3-6,11-12H2,1-2H3,(H,23,26)(H,24,27). The highest BCUT2D eigenvalue weighted by Crippen LogP contribution is 2.24. The van der Waals surface area contributed by atoms with Crippen LogP contribution in [-0.2, 0) is 9.59 Å². The van der Waals surface area contributed by atoms with Crippen molar-refractivity contribution in [1.82, 2.24) is 10.2 Å². The Morgan fingerprint density at radius 3 is 2.32 bits per heavy atom. The van der Waals surface area contributed by atoms with E-state index in [1.807, 2.05) is 0 Å². The first kappa shape index (κ1) is 22.0. The van der Waals surface area contributed by atoms with E-state index in [1.165, 1.54) is 18.6 Å². The summed E-state index contributed by atoms with van der Waals surface area (Å²) >= 11 is 0. The quantitative estimate of drug-likeness (QED) is 0.736. The Hall–Kier alpha value is -2.29. The maximum absolute atomic E-state index is 12.2. The van der Waals surface area contributed by atoms with Crippen LogP contribution in [0.15, 0.2) is 24.3 Å². The SMILES string of the molecule is CC1CCCCC1NC(=O)CN(C)CC(=O)Nc1ccc(OC(F)(F)F)cc1. The van der Waals surface area contributed by atoms with Gasteiger partial charge in [-0.15, -0.1) is 13.2 Å². The zero-order valence-corrected chi connectivity index (χ0v) is 16.0. The number of carbonyl (C=O) groups is 2. The van der Waals surface area contributed by atoms with Gasteiger partial charge in [-0.05, 0) is 50.1 Å². The van der Waals surface area contributed by atoms with Crippen LogP contribution in [0.1, 0.15) is 32.6 Å². The Morgan fingerprint density at radius 2 is 1.71 bits per heavy atom. The number of ether oxygens (including phenoxy) is 1. The largest absolute Gasteiger partial charge is 0.573 e. The number of halogens is 3. The number of alkyl halides is 3. The Kier molecular flexibility index (Phi) is 7.68. The van der Waals surface area contributed by atoms with E-state index in [2.05, 4.69) is 22.3 Å². The van der Waals surface area contributed by atoms with Gasteiger partial charge in [-0.3, -0.25) is 14.5 Å². The molecule has 2 atom stereocenters. The van der Waals surface area contributed by atoms with Crippen molar-refractivity contribution in [3.8, 4) is 5.75 Å². The highest BCUT2D eigenvalue weighted by Gasteiger charge is 2.31. The van der Waals surface area contributed by atoms with Crippen molar-refractivity contribution < 1.29 is 27.5 Å². The van der Waals surface area contributed by atoms with Gasteiger partial charge in [0.05, 0.1) is 13.1 Å². The molecule has 156 valence electrons. The molecule has 0 aromatic heterocycles. The van der Waals surface area contributed by atoms with E-state index in [1.54, 1.807) is 11.9 Å². The Bertz CT molecular complexity index is 665. The first-order valence-electron chi connectivity index (χ1n) is 9.26. The molecule has 0 bridgehead atoms. The van der Waals surface area contributed by atoms with Crippen molar-refractivity contribution in [3.63, 3.8) is 0 Å². The van der Waals surface area contributed by atoms with Crippen LogP contribution < -0.4 is 15.4 Å². The van der Waals surface area contributed by atoms with Crippen LogP contribution >= 0.6 is 0 Å². The lowest BCUT2D eigenvalue weighted by atomic mass is 9.86. The van der Waals surface area contributed by atoms with E-state index >= 15 is 0 Å². The molecule has 0 heterocycles. The zero-order valence-electron chi connectivity index (χ0n) is 16.0. The minimum Gasteiger partial charge on any atom is -0.406 e. The van der Waals surface area contributed by atoms with E-state index in [9.17, 15) is 22.8 Å². The van der Waals surface area contributed by atoms with Crippen molar-refractivity contribution in [3.05, 3.63) is 24.3 Å². The van der Waals surface area contributed by atoms with Gasteiger partial charge in [0.15, 0.2) is 0 Å². The van der Waals surface area contributed by atoms with E-state index in [0.29, 0.717) is 11.6 Å². The van der Waals surface area contributed by atoms with Crippen molar-refractivity contribution in [2.45, 2.75) is 45.0 Å². The number of anilines is 1. The summed E-state index contributed by atoms with van der Waals surface area (Å²) in [6.07, 6.45) is -0.373. The van der Waals surface area contributed by atoms with Crippen LogP contribution in [0, 0.1) is 5.92 Å². The van der Waals surface area contributed by atoms with Gasteiger partial charge >= 0.3 is 6.36 Å². The van der Waals surface area contributed by atoms with Crippen LogP contribution in [0.25, 0.3) is 0 Å². The molecule has 0 spiro atoms. The lowest BCUT2D eigenvalue weighted by Gasteiger charge is -2.30. The van der Waals surface area contributed by atoms with Gasteiger partial charge in [0, 0.05) is 11.7 Å². The second kappa shape index (κ2) is 9.77. The summed E-state index contributed by atoms with van der Waals surface area (Å²) in [6, 6.07) is 5.05. The third kappa shape index (κ3) is 7.75. The molecule has 0 aliphatic heterocycles. The van der Waals surface area contributed by atoms with Crippen molar-refractivity contribution in [2.24, 2.45) is 5.92 Å². The second-order valence-electron chi connectivity index (χ2n) is 7.23. The van der Waals surface area contributed by atoms with E-state index in [0.717, 1.165) is 31.4 Å². The number of likely N-dealkylation sites (N-methyl/N-ethyl adjacent to an activating group) is 1. The van der Waals surface area contributed by atoms with Crippen LogP contribution in [0.5, 0.6) is 5.75 Å². The topological polar surface area (TPSA) is 70.7 Å². The number of rotatable bonds is 7. The summed E-state index contributed by atoms with van der Waals surface area (Å²) in [5, 5.41) is 5.60. The van der Waals surface area contributed by atoms with Gasteiger partial charge < -0.3 is 15.4 Å². The molecule has 2 N–H and O–H groups in total. The lowest BCUT2D eigenvalue weighted by molar-refractivity contribution is -0.274. The van der Waals surface area contributed by atoms with Crippen molar-refractivity contribution in [1.29, 1.82) is 0 Å². The average Bonchev–Trinajstić information content (AvgIpc) is 2.57. The molecule has 0 radical (unpaired) electrons. The Labute approximate surface area is 162 Å². The molecule has 1 saturated carbocycles. The molecule has 1 aromatic rings. The molecule has 0 saturated heterocycles. The number of carbonyl (C=O) groups excluding carboxylic acids is 2. The number of amides is 2. The highest BCUT2D eigenvalue weighted by atomic mass is 19.4.